The summed E-state index contributed by atoms with van der Waals surface area (Å²) in [6, 6.07) is 18.0. The first kappa shape index (κ1) is 18.9. The van der Waals surface area contributed by atoms with Crippen molar-refractivity contribution in [3.05, 3.63) is 78.0 Å². The molecule has 1 aliphatic heterocycles. The van der Waals surface area contributed by atoms with Gasteiger partial charge in [-0.2, -0.15) is 0 Å². The molecule has 0 saturated carbocycles. The van der Waals surface area contributed by atoms with Gasteiger partial charge in [-0.05, 0) is 31.2 Å². The number of benzene rings is 2. The monoisotopic (exact) mass is 391 g/mol. The third kappa shape index (κ3) is 4.34. The Morgan fingerprint density at radius 1 is 0.931 bits per heavy atom. The first-order valence-corrected chi connectivity index (χ1v) is 9.57. The van der Waals surface area contributed by atoms with Crippen LogP contribution in [0.15, 0.2) is 60.7 Å². The lowest BCUT2D eigenvalue weighted by atomic mass is 10.2. The molecular formula is C22H22FN5O. The second-order valence-corrected chi connectivity index (χ2v) is 6.90. The van der Waals surface area contributed by atoms with Crippen molar-refractivity contribution in [2.45, 2.75) is 6.92 Å². The minimum Gasteiger partial charge on any atom is -0.368 e. The van der Waals surface area contributed by atoms with Crippen LogP contribution in [0.1, 0.15) is 16.3 Å². The minimum atomic E-state index is -0.483. The summed E-state index contributed by atoms with van der Waals surface area (Å²) in [6.45, 7) is 5.07. The van der Waals surface area contributed by atoms with Gasteiger partial charge in [0.1, 0.15) is 23.2 Å². The average molecular weight is 391 g/mol. The van der Waals surface area contributed by atoms with Crippen LogP contribution in [0, 0.1) is 12.7 Å². The van der Waals surface area contributed by atoms with Gasteiger partial charge in [0.15, 0.2) is 0 Å². The summed E-state index contributed by atoms with van der Waals surface area (Å²) in [4.78, 5) is 25.8. The normalized spacial score (nSPS) is 14.0. The van der Waals surface area contributed by atoms with Crippen molar-refractivity contribution in [1.82, 2.24) is 9.97 Å². The highest BCUT2D eigenvalue weighted by atomic mass is 19.1. The number of halogens is 1. The second-order valence-electron chi connectivity index (χ2n) is 6.90. The number of para-hydroxylation sites is 2. The molecular weight excluding hydrogens is 369 g/mol. The Balaban J connectivity index is 1.47. The van der Waals surface area contributed by atoms with Crippen LogP contribution < -0.4 is 15.1 Å². The van der Waals surface area contributed by atoms with Crippen LogP contribution in [0.5, 0.6) is 0 Å². The number of nitrogens with one attached hydrogen (secondary N) is 1. The number of rotatable bonds is 4. The molecule has 1 N–H and O–H groups in total. The van der Waals surface area contributed by atoms with E-state index in [1.165, 1.54) is 17.8 Å². The van der Waals surface area contributed by atoms with Gasteiger partial charge < -0.3 is 15.1 Å². The molecule has 4 rings (SSSR count). The van der Waals surface area contributed by atoms with Gasteiger partial charge in [-0.3, -0.25) is 4.79 Å². The molecule has 1 aromatic heterocycles. The molecule has 0 bridgehead atoms. The molecule has 3 aromatic rings. The number of carbonyl (C=O) groups excluding carboxylic acids is 1. The first-order valence-electron chi connectivity index (χ1n) is 9.57. The molecule has 7 heteroatoms. The van der Waals surface area contributed by atoms with Crippen LogP contribution in [0.4, 0.5) is 21.6 Å². The SMILES string of the molecule is Cc1nc(C(=O)Nc2ccccc2F)cc(N2CCN(c3ccccc3)CC2)n1. The fraction of sp³-hybridized carbons (Fsp3) is 0.227. The summed E-state index contributed by atoms with van der Waals surface area (Å²) in [7, 11) is 0. The zero-order valence-electron chi connectivity index (χ0n) is 16.2. The van der Waals surface area contributed by atoms with Crippen molar-refractivity contribution in [2.75, 3.05) is 41.3 Å². The molecule has 0 aliphatic carbocycles. The molecule has 1 amide bonds. The number of aryl methyl sites for hydroxylation is 1. The van der Waals surface area contributed by atoms with Gasteiger partial charge >= 0.3 is 0 Å². The molecule has 148 valence electrons. The second kappa shape index (κ2) is 8.26. The smallest absolute Gasteiger partial charge is 0.274 e. The predicted octanol–water partition coefficient (Wildman–Crippen LogP) is 3.50. The molecule has 1 aliphatic rings. The van der Waals surface area contributed by atoms with Crippen molar-refractivity contribution < 1.29 is 9.18 Å². The van der Waals surface area contributed by atoms with E-state index in [9.17, 15) is 9.18 Å². The molecule has 0 unspecified atom stereocenters. The summed E-state index contributed by atoms with van der Waals surface area (Å²) in [5.41, 5.74) is 1.56. The topological polar surface area (TPSA) is 61.4 Å². The number of hydrogen-bond acceptors (Lipinski definition) is 5. The van der Waals surface area contributed by atoms with E-state index in [4.69, 9.17) is 0 Å². The molecule has 29 heavy (non-hydrogen) atoms. The zero-order chi connectivity index (χ0) is 20.2. The van der Waals surface area contributed by atoms with Gasteiger partial charge in [0.2, 0.25) is 0 Å². The van der Waals surface area contributed by atoms with Crippen molar-refractivity contribution in [3.63, 3.8) is 0 Å². The number of hydrogen-bond donors (Lipinski definition) is 1. The van der Waals surface area contributed by atoms with Gasteiger partial charge in [0.05, 0.1) is 5.69 Å². The predicted molar refractivity (Wildman–Crippen MR) is 112 cm³/mol. The van der Waals surface area contributed by atoms with Crippen molar-refractivity contribution in [3.8, 4) is 0 Å². The van der Waals surface area contributed by atoms with Crippen LogP contribution >= 0.6 is 0 Å². The Bertz CT molecular complexity index is 1000. The largest absolute Gasteiger partial charge is 0.368 e. The highest BCUT2D eigenvalue weighted by Crippen LogP contribution is 2.20. The maximum absolute atomic E-state index is 13.8. The quantitative estimate of drug-likeness (QED) is 0.738. The van der Waals surface area contributed by atoms with Crippen LogP contribution in [-0.2, 0) is 0 Å². The molecule has 1 saturated heterocycles. The average Bonchev–Trinajstić information content (AvgIpc) is 2.75. The van der Waals surface area contributed by atoms with Crippen molar-refractivity contribution in [1.29, 1.82) is 0 Å². The molecule has 2 heterocycles. The van der Waals surface area contributed by atoms with Crippen molar-refractivity contribution in [2.24, 2.45) is 0 Å². The highest BCUT2D eigenvalue weighted by molar-refractivity contribution is 6.03. The number of anilines is 3. The van der Waals surface area contributed by atoms with E-state index >= 15 is 0 Å². The van der Waals surface area contributed by atoms with Crippen LogP contribution in [0.25, 0.3) is 0 Å². The van der Waals surface area contributed by atoms with E-state index < -0.39 is 11.7 Å². The first-order chi connectivity index (χ1) is 14.1. The Kier molecular flexibility index (Phi) is 5.37. The Morgan fingerprint density at radius 2 is 1.59 bits per heavy atom. The molecule has 2 aromatic carbocycles. The number of piperazine rings is 1. The lowest BCUT2D eigenvalue weighted by Crippen LogP contribution is -2.47. The van der Waals surface area contributed by atoms with E-state index in [1.54, 1.807) is 25.1 Å². The summed E-state index contributed by atoms with van der Waals surface area (Å²) in [6.07, 6.45) is 0. The molecule has 0 spiro atoms. The maximum atomic E-state index is 13.8. The molecule has 1 fully saturated rings. The maximum Gasteiger partial charge on any atom is 0.274 e. The molecule has 0 atom stereocenters. The number of amides is 1. The Labute approximate surface area is 169 Å². The highest BCUT2D eigenvalue weighted by Gasteiger charge is 2.20. The summed E-state index contributed by atoms with van der Waals surface area (Å²) in [5.74, 6) is 0.282. The summed E-state index contributed by atoms with van der Waals surface area (Å²) in [5, 5.41) is 2.58. The van der Waals surface area contributed by atoms with E-state index in [0.29, 0.717) is 11.6 Å². The van der Waals surface area contributed by atoms with E-state index in [1.807, 2.05) is 18.2 Å². The van der Waals surface area contributed by atoms with E-state index in [0.717, 1.165) is 26.2 Å². The van der Waals surface area contributed by atoms with Gasteiger partial charge in [0, 0.05) is 37.9 Å². The Hall–Kier alpha value is -3.48. The lowest BCUT2D eigenvalue weighted by Gasteiger charge is -2.36. The fourth-order valence-corrected chi connectivity index (χ4v) is 3.41. The Morgan fingerprint density at radius 3 is 2.31 bits per heavy atom. The molecule has 6 nitrogen and oxygen atoms in total. The van der Waals surface area contributed by atoms with Gasteiger partial charge in [-0.15, -0.1) is 0 Å². The minimum absolute atomic E-state index is 0.131. The van der Waals surface area contributed by atoms with E-state index in [-0.39, 0.29) is 11.4 Å². The van der Waals surface area contributed by atoms with Crippen LogP contribution in [-0.4, -0.2) is 42.1 Å². The number of nitrogens with zero attached hydrogens (tertiary/aromatic N) is 4. The lowest BCUT2D eigenvalue weighted by molar-refractivity contribution is 0.102. The van der Waals surface area contributed by atoms with Gasteiger partial charge in [0.25, 0.3) is 5.91 Å². The van der Waals surface area contributed by atoms with Gasteiger partial charge in [-0.1, -0.05) is 30.3 Å². The number of aromatic nitrogens is 2. The molecule has 0 radical (unpaired) electrons. The van der Waals surface area contributed by atoms with Gasteiger partial charge in [-0.25, -0.2) is 14.4 Å². The van der Waals surface area contributed by atoms with Crippen LogP contribution in [0.2, 0.25) is 0 Å². The summed E-state index contributed by atoms with van der Waals surface area (Å²) >= 11 is 0. The van der Waals surface area contributed by atoms with E-state index in [2.05, 4.69) is 37.2 Å². The summed E-state index contributed by atoms with van der Waals surface area (Å²) < 4.78 is 13.8. The zero-order valence-corrected chi connectivity index (χ0v) is 16.2. The number of carbonyl (C=O) groups is 1. The van der Waals surface area contributed by atoms with Crippen molar-refractivity contribution >= 4 is 23.1 Å². The third-order valence-electron chi connectivity index (χ3n) is 4.90. The fourth-order valence-electron chi connectivity index (χ4n) is 3.41. The van der Waals surface area contributed by atoms with Crippen LogP contribution in [0.3, 0.4) is 0 Å². The standard InChI is InChI=1S/C22H22FN5O/c1-16-24-20(22(29)26-19-10-6-5-9-18(19)23)15-21(25-16)28-13-11-27(12-14-28)17-7-3-2-4-8-17/h2-10,15H,11-14H2,1H3,(H,26,29). The third-order valence-corrected chi connectivity index (χ3v) is 4.90.